The predicted molar refractivity (Wildman–Crippen MR) is 82.7 cm³/mol. The zero-order valence-electron chi connectivity index (χ0n) is 12.3. The molecule has 0 spiro atoms. The Morgan fingerprint density at radius 2 is 1.89 bits per heavy atom. The highest BCUT2D eigenvalue weighted by Crippen LogP contribution is 2.30. The van der Waals surface area contributed by atoms with Crippen LogP contribution in [0.3, 0.4) is 0 Å². The molecule has 0 nitrogen and oxygen atoms in total. The second kappa shape index (κ2) is 6.04. The van der Waals surface area contributed by atoms with Crippen LogP contribution in [-0.2, 0) is 0 Å². The summed E-state index contributed by atoms with van der Waals surface area (Å²) in [5, 5.41) is 2.26. The number of rotatable bonds is 4. The zero-order chi connectivity index (χ0) is 13.8. The van der Waals surface area contributed by atoms with Crippen molar-refractivity contribution >= 4 is 12.7 Å². The minimum absolute atomic E-state index is 0.349. The van der Waals surface area contributed by atoms with Crippen LogP contribution in [0, 0.1) is 11.3 Å². The van der Waals surface area contributed by atoms with Gasteiger partial charge in [-0.3, -0.25) is 0 Å². The van der Waals surface area contributed by atoms with Crippen molar-refractivity contribution in [1.82, 2.24) is 0 Å². The summed E-state index contributed by atoms with van der Waals surface area (Å²) in [6, 6.07) is 8.23. The average Bonchev–Trinajstić information content (AvgIpc) is 2.27. The molecule has 0 fully saturated rings. The van der Waals surface area contributed by atoms with E-state index in [9.17, 15) is 0 Å². The summed E-state index contributed by atoms with van der Waals surface area (Å²) in [4.78, 5) is 0. The van der Waals surface area contributed by atoms with Crippen LogP contribution >= 0.6 is 0 Å². The fourth-order valence-corrected chi connectivity index (χ4v) is 2.27. The van der Waals surface area contributed by atoms with Gasteiger partial charge in [-0.15, -0.1) is 0 Å². The van der Waals surface area contributed by atoms with Crippen molar-refractivity contribution in [1.29, 1.82) is 0 Å². The van der Waals surface area contributed by atoms with Crippen LogP contribution in [0.5, 0.6) is 0 Å². The smallest absolute Gasteiger partial charge is 0.0165 e. The van der Waals surface area contributed by atoms with Crippen LogP contribution in [0.1, 0.15) is 40.5 Å². The highest BCUT2D eigenvalue weighted by molar-refractivity contribution is 5.46. The molecule has 0 N–H and O–H groups in total. The van der Waals surface area contributed by atoms with Crippen molar-refractivity contribution in [2.45, 2.75) is 40.5 Å². The molecular formula is C18H26. The van der Waals surface area contributed by atoms with Gasteiger partial charge in [0.1, 0.15) is 0 Å². The summed E-state index contributed by atoms with van der Waals surface area (Å²) in [6.07, 6.45) is 4.52. The highest BCUT2D eigenvalue weighted by Gasteiger charge is 2.18. The molecule has 1 unspecified atom stereocenters. The van der Waals surface area contributed by atoms with Crippen LogP contribution in [0.2, 0.25) is 0 Å². The minimum Gasteiger partial charge on any atom is -0.0955 e. The fraction of sp³-hybridized carbons (Fsp3) is 0.444. The Bertz CT molecular complexity index is 500. The maximum absolute atomic E-state index is 4.26. The third-order valence-corrected chi connectivity index (χ3v) is 3.27. The summed E-state index contributed by atoms with van der Waals surface area (Å²) in [5.41, 5.74) is 1.57. The first-order chi connectivity index (χ1) is 8.33. The summed E-state index contributed by atoms with van der Waals surface area (Å²) in [7, 11) is 0. The molecule has 0 aliphatic carbocycles. The molecule has 0 saturated heterocycles. The first-order valence-corrected chi connectivity index (χ1v) is 6.78. The van der Waals surface area contributed by atoms with E-state index in [2.05, 4.69) is 59.1 Å². The van der Waals surface area contributed by atoms with E-state index in [-0.39, 0.29) is 0 Å². The molecule has 18 heavy (non-hydrogen) atoms. The summed E-state index contributed by atoms with van der Waals surface area (Å²) in [6.45, 7) is 17.4. The lowest BCUT2D eigenvalue weighted by molar-refractivity contribution is 0.317. The first kappa shape index (κ1) is 14.8. The number of benzene rings is 1. The molecule has 0 aliphatic rings. The van der Waals surface area contributed by atoms with Gasteiger partial charge in [0.25, 0.3) is 0 Å². The topological polar surface area (TPSA) is 0 Å². The predicted octanol–water partition coefficient (Wildman–Crippen LogP) is 3.90. The Balaban J connectivity index is 2.97. The van der Waals surface area contributed by atoms with E-state index in [1.165, 1.54) is 17.2 Å². The van der Waals surface area contributed by atoms with E-state index in [1.54, 1.807) is 0 Å². The van der Waals surface area contributed by atoms with Gasteiger partial charge in [-0.25, -0.2) is 0 Å². The monoisotopic (exact) mass is 242 g/mol. The lowest BCUT2D eigenvalue weighted by Crippen LogP contribution is -2.23. The third kappa shape index (κ3) is 4.52. The fourth-order valence-electron chi connectivity index (χ4n) is 2.27. The molecule has 1 aromatic carbocycles. The number of allylic oxidation sites excluding steroid dienone is 1. The van der Waals surface area contributed by atoms with Crippen LogP contribution < -0.4 is 10.4 Å². The van der Waals surface area contributed by atoms with E-state index < -0.39 is 0 Å². The molecule has 0 saturated carbocycles. The molecule has 0 amide bonds. The molecule has 0 bridgehead atoms. The molecule has 0 heterocycles. The number of hydrogen-bond acceptors (Lipinski definition) is 0. The molecule has 0 heteroatoms. The van der Waals surface area contributed by atoms with E-state index in [0.717, 1.165) is 11.6 Å². The first-order valence-electron chi connectivity index (χ1n) is 6.78. The lowest BCUT2D eigenvalue weighted by atomic mass is 9.80. The normalized spacial score (nSPS) is 14.6. The molecule has 1 atom stereocenters. The van der Waals surface area contributed by atoms with Gasteiger partial charge in [0.15, 0.2) is 0 Å². The SMILES string of the molecule is C=C(/C=c1/ccccc1=C)C(CC)CC(C)(C)C. The van der Waals surface area contributed by atoms with Crippen LogP contribution in [-0.4, -0.2) is 0 Å². The molecule has 1 aromatic rings. The van der Waals surface area contributed by atoms with Crippen molar-refractivity contribution in [3.8, 4) is 0 Å². The second-order valence-electron chi connectivity index (χ2n) is 6.29. The van der Waals surface area contributed by atoms with E-state index >= 15 is 0 Å². The largest absolute Gasteiger partial charge is 0.0955 e. The molecule has 1 rings (SSSR count). The van der Waals surface area contributed by atoms with E-state index in [0.29, 0.717) is 11.3 Å². The Morgan fingerprint density at radius 3 is 2.39 bits per heavy atom. The summed E-state index contributed by atoms with van der Waals surface area (Å²) >= 11 is 0. The quantitative estimate of drug-likeness (QED) is 0.751. The van der Waals surface area contributed by atoms with Gasteiger partial charge in [0.05, 0.1) is 0 Å². The molecule has 0 aromatic heterocycles. The maximum Gasteiger partial charge on any atom is -0.0165 e. The van der Waals surface area contributed by atoms with Crippen molar-refractivity contribution < 1.29 is 0 Å². The van der Waals surface area contributed by atoms with E-state index in [1.807, 2.05) is 12.1 Å². The van der Waals surface area contributed by atoms with Crippen LogP contribution in [0.15, 0.2) is 36.4 Å². The summed E-state index contributed by atoms with van der Waals surface area (Å²) in [5.74, 6) is 0.560. The van der Waals surface area contributed by atoms with E-state index in [4.69, 9.17) is 0 Å². The van der Waals surface area contributed by atoms with Gasteiger partial charge in [-0.1, -0.05) is 76.8 Å². The Kier molecular flexibility index (Phi) is 4.95. The maximum atomic E-state index is 4.26. The standard InChI is InChI=1S/C18H26/c1-7-16(13-18(4,5)6)15(3)12-17-11-9-8-10-14(17)2/h8-12,16H,2-3,7,13H2,1,4-6H3/b17-12-. The van der Waals surface area contributed by atoms with Gasteiger partial charge < -0.3 is 0 Å². The highest BCUT2D eigenvalue weighted by atomic mass is 14.2. The van der Waals surface area contributed by atoms with Gasteiger partial charge in [-0.2, -0.15) is 0 Å². The lowest BCUT2D eigenvalue weighted by Gasteiger charge is -2.25. The van der Waals surface area contributed by atoms with Gasteiger partial charge in [0, 0.05) is 0 Å². The van der Waals surface area contributed by atoms with Gasteiger partial charge in [0.2, 0.25) is 0 Å². The Morgan fingerprint density at radius 1 is 1.28 bits per heavy atom. The summed E-state index contributed by atoms with van der Waals surface area (Å²) < 4.78 is 0. The van der Waals surface area contributed by atoms with Crippen LogP contribution in [0.4, 0.5) is 0 Å². The molecule has 0 aliphatic heterocycles. The zero-order valence-corrected chi connectivity index (χ0v) is 12.3. The second-order valence-corrected chi connectivity index (χ2v) is 6.29. The van der Waals surface area contributed by atoms with Crippen molar-refractivity contribution in [3.63, 3.8) is 0 Å². The minimum atomic E-state index is 0.349. The van der Waals surface area contributed by atoms with Crippen molar-refractivity contribution in [3.05, 3.63) is 46.9 Å². The van der Waals surface area contributed by atoms with Gasteiger partial charge >= 0.3 is 0 Å². The Labute approximate surface area is 112 Å². The van der Waals surface area contributed by atoms with Crippen LogP contribution in [0.25, 0.3) is 12.7 Å². The van der Waals surface area contributed by atoms with Crippen molar-refractivity contribution in [2.24, 2.45) is 11.3 Å². The van der Waals surface area contributed by atoms with Gasteiger partial charge in [-0.05, 0) is 34.6 Å². The third-order valence-electron chi connectivity index (χ3n) is 3.27. The molecule has 98 valence electrons. The average molecular weight is 242 g/mol. The molecular weight excluding hydrogens is 216 g/mol. The number of hydrogen-bond donors (Lipinski definition) is 0. The Hall–Kier alpha value is -1.30. The molecule has 0 radical (unpaired) electrons. The van der Waals surface area contributed by atoms with Crippen molar-refractivity contribution in [2.75, 3.05) is 0 Å².